The van der Waals surface area contributed by atoms with Crippen LogP contribution in [0.25, 0.3) is 5.69 Å². The topological polar surface area (TPSA) is 59.8 Å². The van der Waals surface area contributed by atoms with Gasteiger partial charge >= 0.3 is 6.18 Å². The number of halogens is 5. The Balaban J connectivity index is 1.70. The molecule has 0 bridgehead atoms. The standard InChI is InChI=1S/C19H13Cl2F3N4O/c20-13-7-12(26-18(29)11-3-5-25-6-4-11)8-14(21)17(13)28-15(10-1-2-10)9-16(27-28)19(22,23)24/h3-10H,1-2H2,(H,26,29). The first kappa shape index (κ1) is 19.7. The lowest BCUT2D eigenvalue weighted by atomic mass is 10.2. The first-order chi connectivity index (χ1) is 13.7. The average molecular weight is 441 g/mol. The van der Waals surface area contributed by atoms with Crippen LogP contribution in [0.5, 0.6) is 0 Å². The quantitative estimate of drug-likeness (QED) is 0.563. The highest BCUT2D eigenvalue weighted by Gasteiger charge is 2.38. The zero-order chi connectivity index (χ0) is 20.8. The molecule has 0 atom stereocenters. The molecule has 1 aliphatic rings. The zero-order valence-corrected chi connectivity index (χ0v) is 16.2. The van der Waals surface area contributed by atoms with Crippen molar-refractivity contribution in [3.05, 3.63) is 69.7 Å². The molecule has 10 heteroatoms. The SMILES string of the molecule is O=C(Nc1cc(Cl)c(-n2nc(C(F)(F)F)cc2C2CC2)c(Cl)c1)c1ccncc1. The molecule has 0 aliphatic heterocycles. The molecule has 2 heterocycles. The third kappa shape index (κ3) is 4.09. The Morgan fingerprint density at radius 2 is 1.72 bits per heavy atom. The summed E-state index contributed by atoms with van der Waals surface area (Å²) in [5.41, 5.74) is 0.250. The highest BCUT2D eigenvalue weighted by molar-refractivity contribution is 6.38. The molecule has 29 heavy (non-hydrogen) atoms. The number of rotatable bonds is 4. The van der Waals surface area contributed by atoms with Gasteiger partial charge in [0.05, 0.1) is 10.0 Å². The van der Waals surface area contributed by atoms with E-state index in [1.165, 1.54) is 36.7 Å². The van der Waals surface area contributed by atoms with Crippen LogP contribution in [-0.4, -0.2) is 20.7 Å². The van der Waals surface area contributed by atoms with Gasteiger partial charge in [-0.15, -0.1) is 0 Å². The summed E-state index contributed by atoms with van der Waals surface area (Å²) in [4.78, 5) is 16.1. The Labute approximate surface area is 173 Å². The van der Waals surface area contributed by atoms with E-state index in [9.17, 15) is 18.0 Å². The maximum atomic E-state index is 13.2. The molecule has 3 aromatic rings. The van der Waals surface area contributed by atoms with Gasteiger partial charge in [-0.3, -0.25) is 9.78 Å². The number of amides is 1. The van der Waals surface area contributed by atoms with E-state index in [1.54, 1.807) is 0 Å². The number of nitrogens with zero attached hydrogens (tertiary/aromatic N) is 3. The van der Waals surface area contributed by atoms with E-state index >= 15 is 0 Å². The minimum absolute atomic E-state index is 0.0168. The Kier molecular flexibility index (Phi) is 5.00. The van der Waals surface area contributed by atoms with Crippen LogP contribution < -0.4 is 5.32 Å². The predicted octanol–water partition coefficient (Wildman–Crippen LogP) is 5.72. The van der Waals surface area contributed by atoms with Crippen molar-refractivity contribution >= 4 is 34.8 Å². The van der Waals surface area contributed by atoms with Crippen LogP contribution in [0.1, 0.15) is 40.5 Å². The highest BCUT2D eigenvalue weighted by Crippen LogP contribution is 2.44. The van der Waals surface area contributed by atoms with Gasteiger partial charge in [0.2, 0.25) is 0 Å². The second kappa shape index (κ2) is 7.35. The summed E-state index contributed by atoms with van der Waals surface area (Å²) in [7, 11) is 0. The van der Waals surface area contributed by atoms with Gasteiger partial charge in [-0.05, 0) is 43.2 Å². The minimum atomic E-state index is -4.58. The highest BCUT2D eigenvalue weighted by atomic mass is 35.5. The van der Waals surface area contributed by atoms with Gasteiger partial charge in [0.15, 0.2) is 5.69 Å². The van der Waals surface area contributed by atoms with E-state index in [-0.39, 0.29) is 21.7 Å². The second-order valence-corrected chi connectivity index (χ2v) is 7.43. The molecular weight excluding hydrogens is 428 g/mol. The predicted molar refractivity (Wildman–Crippen MR) is 103 cm³/mol. The fourth-order valence-corrected chi connectivity index (χ4v) is 3.58. The molecule has 1 amide bonds. The van der Waals surface area contributed by atoms with Crippen LogP contribution in [0, 0.1) is 0 Å². The summed E-state index contributed by atoms with van der Waals surface area (Å²) in [6, 6.07) is 6.96. The lowest BCUT2D eigenvalue weighted by Crippen LogP contribution is -2.12. The molecule has 1 N–H and O–H groups in total. The molecule has 0 saturated heterocycles. The van der Waals surface area contributed by atoms with Crippen LogP contribution in [-0.2, 0) is 6.18 Å². The molecular formula is C19H13Cl2F3N4O. The van der Waals surface area contributed by atoms with Crippen LogP contribution in [0.4, 0.5) is 18.9 Å². The van der Waals surface area contributed by atoms with Gasteiger partial charge in [0.1, 0.15) is 5.69 Å². The van der Waals surface area contributed by atoms with E-state index < -0.39 is 17.8 Å². The molecule has 4 rings (SSSR count). The van der Waals surface area contributed by atoms with Crippen molar-refractivity contribution in [2.45, 2.75) is 24.9 Å². The monoisotopic (exact) mass is 440 g/mol. The first-order valence-electron chi connectivity index (χ1n) is 8.62. The van der Waals surface area contributed by atoms with Crippen LogP contribution in [0.15, 0.2) is 42.7 Å². The summed E-state index contributed by atoms with van der Waals surface area (Å²) in [5.74, 6) is -0.416. The van der Waals surface area contributed by atoms with E-state index in [0.717, 1.165) is 23.6 Å². The van der Waals surface area contributed by atoms with Crippen molar-refractivity contribution in [1.29, 1.82) is 0 Å². The molecule has 2 aromatic heterocycles. The zero-order valence-electron chi connectivity index (χ0n) is 14.7. The molecule has 1 aromatic carbocycles. The van der Waals surface area contributed by atoms with Crippen LogP contribution in [0.2, 0.25) is 10.0 Å². The summed E-state index contributed by atoms with van der Waals surface area (Å²) < 4.78 is 40.6. The van der Waals surface area contributed by atoms with Crippen molar-refractivity contribution in [3.63, 3.8) is 0 Å². The van der Waals surface area contributed by atoms with Crippen molar-refractivity contribution in [2.75, 3.05) is 5.32 Å². The van der Waals surface area contributed by atoms with Crippen LogP contribution >= 0.6 is 23.2 Å². The molecule has 1 saturated carbocycles. The molecule has 1 aliphatic carbocycles. The Morgan fingerprint density at radius 1 is 1.10 bits per heavy atom. The number of aromatic nitrogens is 3. The maximum Gasteiger partial charge on any atom is 0.435 e. The van der Waals surface area contributed by atoms with Crippen molar-refractivity contribution in [1.82, 2.24) is 14.8 Å². The molecule has 0 radical (unpaired) electrons. The van der Waals surface area contributed by atoms with Crippen molar-refractivity contribution < 1.29 is 18.0 Å². The number of hydrogen-bond donors (Lipinski definition) is 1. The normalized spacial score (nSPS) is 14.1. The summed E-state index contributed by atoms with van der Waals surface area (Å²) >= 11 is 12.7. The van der Waals surface area contributed by atoms with E-state index in [2.05, 4.69) is 15.4 Å². The van der Waals surface area contributed by atoms with Gasteiger partial charge in [-0.25, -0.2) is 4.68 Å². The maximum absolute atomic E-state index is 13.2. The average Bonchev–Trinajstić information content (AvgIpc) is 3.40. The van der Waals surface area contributed by atoms with E-state index in [0.29, 0.717) is 16.9 Å². The molecule has 0 unspecified atom stereocenters. The fourth-order valence-electron chi connectivity index (χ4n) is 2.93. The van der Waals surface area contributed by atoms with Crippen LogP contribution in [0.3, 0.4) is 0 Å². The van der Waals surface area contributed by atoms with Crippen molar-refractivity contribution in [3.8, 4) is 5.69 Å². The van der Waals surface area contributed by atoms with E-state index in [1.807, 2.05) is 0 Å². The number of benzene rings is 1. The summed E-state index contributed by atoms with van der Waals surface area (Å²) in [6.07, 6.45) is -0.0659. The third-order valence-corrected chi connectivity index (χ3v) is 5.03. The van der Waals surface area contributed by atoms with Gasteiger partial charge in [-0.1, -0.05) is 23.2 Å². The molecule has 0 spiro atoms. The largest absolute Gasteiger partial charge is 0.435 e. The Hall–Kier alpha value is -2.58. The number of hydrogen-bond acceptors (Lipinski definition) is 3. The lowest BCUT2D eigenvalue weighted by molar-refractivity contribution is -0.141. The molecule has 1 fully saturated rings. The lowest BCUT2D eigenvalue weighted by Gasteiger charge is -2.13. The Morgan fingerprint density at radius 3 is 2.28 bits per heavy atom. The summed E-state index contributed by atoms with van der Waals surface area (Å²) in [6.45, 7) is 0. The van der Waals surface area contributed by atoms with Gasteiger partial charge < -0.3 is 5.32 Å². The number of anilines is 1. The minimum Gasteiger partial charge on any atom is -0.322 e. The van der Waals surface area contributed by atoms with Gasteiger partial charge in [0.25, 0.3) is 5.91 Å². The smallest absolute Gasteiger partial charge is 0.322 e. The number of carbonyl (C=O) groups excluding carboxylic acids is 1. The molecule has 150 valence electrons. The third-order valence-electron chi connectivity index (χ3n) is 4.45. The van der Waals surface area contributed by atoms with Gasteiger partial charge in [0, 0.05) is 35.3 Å². The fraction of sp³-hybridized carbons (Fsp3) is 0.211. The number of pyridine rings is 1. The second-order valence-electron chi connectivity index (χ2n) is 6.62. The number of alkyl halides is 3. The first-order valence-corrected chi connectivity index (χ1v) is 9.37. The van der Waals surface area contributed by atoms with Crippen molar-refractivity contribution in [2.24, 2.45) is 0 Å². The number of nitrogens with one attached hydrogen (secondary N) is 1. The van der Waals surface area contributed by atoms with E-state index in [4.69, 9.17) is 23.2 Å². The summed E-state index contributed by atoms with van der Waals surface area (Å²) in [5, 5.41) is 6.49. The molecule has 5 nitrogen and oxygen atoms in total. The number of carbonyl (C=O) groups is 1. The Bertz CT molecular complexity index is 1060. The van der Waals surface area contributed by atoms with Gasteiger partial charge in [-0.2, -0.15) is 18.3 Å².